The van der Waals surface area contributed by atoms with E-state index in [1.165, 1.54) is 30.5 Å². The number of carbonyl (C=O) groups excluding carboxylic acids is 1. The summed E-state index contributed by atoms with van der Waals surface area (Å²) < 4.78 is 0. The molecule has 0 radical (unpaired) electrons. The van der Waals surface area contributed by atoms with Crippen molar-refractivity contribution in [3.8, 4) is 0 Å². The summed E-state index contributed by atoms with van der Waals surface area (Å²) in [5, 5.41) is 3.47. The number of anilines is 3. The van der Waals surface area contributed by atoms with Crippen LogP contribution in [-0.4, -0.2) is 66.1 Å². The molecule has 1 N–H and O–H groups in total. The summed E-state index contributed by atoms with van der Waals surface area (Å²) in [5.41, 5.74) is 2.55. The molecule has 1 aliphatic carbocycles. The van der Waals surface area contributed by atoms with E-state index in [2.05, 4.69) is 67.2 Å². The molecule has 1 aromatic heterocycles. The second kappa shape index (κ2) is 9.98. The first-order chi connectivity index (χ1) is 16.1. The molecule has 1 saturated carbocycles. The topological polar surface area (TPSA) is 64.6 Å². The Morgan fingerprint density at radius 1 is 1.03 bits per heavy atom. The Kier molecular flexibility index (Phi) is 6.65. The molecule has 1 amide bonds. The molecule has 1 atom stereocenters. The first-order valence-electron chi connectivity index (χ1n) is 12.6. The van der Waals surface area contributed by atoms with Gasteiger partial charge in [0, 0.05) is 63.5 Å². The molecular formula is C26H36N6O. The number of carbonyl (C=O) groups is 1. The van der Waals surface area contributed by atoms with E-state index < -0.39 is 0 Å². The van der Waals surface area contributed by atoms with Gasteiger partial charge in [0.1, 0.15) is 18.0 Å². The molecule has 33 heavy (non-hydrogen) atoms. The fourth-order valence-electron chi connectivity index (χ4n) is 5.07. The number of rotatable bonds is 7. The van der Waals surface area contributed by atoms with Crippen molar-refractivity contribution in [2.24, 2.45) is 5.92 Å². The second-order valence-corrected chi connectivity index (χ2v) is 9.88. The predicted octanol–water partition coefficient (Wildman–Crippen LogP) is 3.70. The summed E-state index contributed by atoms with van der Waals surface area (Å²) in [6.45, 7) is 7.61. The van der Waals surface area contributed by atoms with Crippen molar-refractivity contribution < 1.29 is 4.79 Å². The van der Waals surface area contributed by atoms with Crippen molar-refractivity contribution in [1.29, 1.82) is 0 Å². The molecule has 176 valence electrons. The lowest BCUT2D eigenvalue weighted by atomic mass is 9.93. The number of hydrogen-bond acceptors (Lipinski definition) is 6. The second-order valence-electron chi connectivity index (χ2n) is 9.88. The van der Waals surface area contributed by atoms with Gasteiger partial charge in [-0.3, -0.25) is 4.79 Å². The smallest absolute Gasteiger partial charge is 0.222 e. The molecule has 5 rings (SSSR count). The van der Waals surface area contributed by atoms with Crippen LogP contribution in [0.3, 0.4) is 0 Å². The molecule has 1 unspecified atom stereocenters. The fourth-order valence-corrected chi connectivity index (χ4v) is 5.07. The average Bonchev–Trinajstić information content (AvgIpc) is 3.67. The van der Waals surface area contributed by atoms with Crippen LogP contribution in [0.25, 0.3) is 0 Å². The van der Waals surface area contributed by atoms with Crippen LogP contribution in [0.4, 0.5) is 17.3 Å². The normalized spacial score (nSPS) is 21.2. The summed E-state index contributed by atoms with van der Waals surface area (Å²) in [7, 11) is 0. The number of piperidine rings is 1. The maximum atomic E-state index is 12.9. The Balaban J connectivity index is 1.08. The highest BCUT2D eigenvalue weighted by atomic mass is 16.2. The number of aromatic nitrogens is 2. The van der Waals surface area contributed by atoms with E-state index in [1.807, 2.05) is 0 Å². The van der Waals surface area contributed by atoms with Gasteiger partial charge in [0.05, 0.1) is 0 Å². The number of hydrogen-bond donors (Lipinski definition) is 1. The fraction of sp³-hybridized carbons (Fsp3) is 0.577. The van der Waals surface area contributed by atoms with E-state index in [0.29, 0.717) is 24.3 Å². The Bertz CT molecular complexity index is 953. The molecular weight excluding hydrogens is 412 g/mol. The monoisotopic (exact) mass is 448 g/mol. The Morgan fingerprint density at radius 2 is 1.88 bits per heavy atom. The minimum absolute atomic E-state index is 0.314. The molecule has 3 fully saturated rings. The summed E-state index contributed by atoms with van der Waals surface area (Å²) >= 11 is 0. The lowest BCUT2D eigenvalue weighted by Gasteiger charge is -2.37. The zero-order chi connectivity index (χ0) is 22.6. The Hall–Kier alpha value is -2.83. The van der Waals surface area contributed by atoms with Crippen LogP contribution in [-0.2, 0) is 4.79 Å². The van der Waals surface area contributed by atoms with Crippen molar-refractivity contribution in [1.82, 2.24) is 14.9 Å². The minimum Gasteiger partial charge on any atom is -0.368 e. The number of nitrogens with zero attached hydrogens (tertiary/aromatic N) is 5. The Morgan fingerprint density at radius 3 is 2.67 bits per heavy atom. The van der Waals surface area contributed by atoms with Gasteiger partial charge >= 0.3 is 0 Å². The van der Waals surface area contributed by atoms with E-state index in [0.717, 1.165) is 63.7 Å². The van der Waals surface area contributed by atoms with E-state index in [9.17, 15) is 4.79 Å². The van der Waals surface area contributed by atoms with Crippen LogP contribution < -0.4 is 15.1 Å². The van der Waals surface area contributed by atoms with Gasteiger partial charge in [-0.25, -0.2) is 9.97 Å². The summed E-state index contributed by atoms with van der Waals surface area (Å²) in [5.74, 6) is 2.81. The molecule has 2 saturated heterocycles. The first kappa shape index (κ1) is 22.0. The SMILES string of the molecule is Cc1cccc(N2CCN(C(=O)CCC3CCCN(c4cc(NC5CC5)ncn4)C3)CC2)c1. The molecule has 0 bridgehead atoms. The van der Waals surface area contributed by atoms with Crippen LogP contribution in [0, 0.1) is 12.8 Å². The van der Waals surface area contributed by atoms with Crippen LogP contribution in [0.1, 0.15) is 44.1 Å². The lowest BCUT2D eigenvalue weighted by molar-refractivity contribution is -0.131. The third kappa shape index (κ3) is 5.75. The van der Waals surface area contributed by atoms with Crippen molar-refractivity contribution in [2.75, 3.05) is 54.4 Å². The highest BCUT2D eigenvalue weighted by Gasteiger charge is 2.26. The molecule has 3 aliphatic rings. The van der Waals surface area contributed by atoms with Gasteiger partial charge in [0.15, 0.2) is 0 Å². The van der Waals surface area contributed by atoms with Gasteiger partial charge in [0.2, 0.25) is 5.91 Å². The largest absolute Gasteiger partial charge is 0.368 e. The maximum Gasteiger partial charge on any atom is 0.222 e. The van der Waals surface area contributed by atoms with Gasteiger partial charge in [-0.05, 0) is 62.6 Å². The van der Waals surface area contributed by atoms with Crippen molar-refractivity contribution in [2.45, 2.75) is 51.5 Å². The molecule has 2 aromatic rings. The molecule has 0 spiro atoms. The van der Waals surface area contributed by atoms with Crippen LogP contribution >= 0.6 is 0 Å². The lowest BCUT2D eigenvalue weighted by Crippen LogP contribution is -2.49. The van der Waals surface area contributed by atoms with Gasteiger partial charge < -0.3 is 20.0 Å². The number of aryl methyl sites for hydroxylation is 1. The average molecular weight is 449 g/mol. The zero-order valence-electron chi connectivity index (χ0n) is 19.7. The minimum atomic E-state index is 0.314. The number of benzene rings is 1. The summed E-state index contributed by atoms with van der Waals surface area (Å²) in [4.78, 5) is 28.6. The third-order valence-corrected chi connectivity index (χ3v) is 7.19. The van der Waals surface area contributed by atoms with Crippen LogP contribution in [0.5, 0.6) is 0 Å². The van der Waals surface area contributed by atoms with Gasteiger partial charge in [-0.1, -0.05) is 12.1 Å². The molecule has 2 aliphatic heterocycles. The van der Waals surface area contributed by atoms with E-state index in [4.69, 9.17) is 0 Å². The number of amides is 1. The first-order valence-corrected chi connectivity index (χ1v) is 12.6. The van der Waals surface area contributed by atoms with Crippen LogP contribution in [0.2, 0.25) is 0 Å². The quantitative estimate of drug-likeness (QED) is 0.697. The summed E-state index contributed by atoms with van der Waals surface area (Å²) in [6, 6.07) is 11.3. The van der Waals surface area contributed by atoms with Crippen molar-refractivity contribution in [3.05, 3.63) is 42.2 Å². The van der Waals surface area contributed by atoms with Gasteiger partial charge in [0.25, 0.3) is 0 Å². The third-order valence-electron chi connectivity index (χ3n) is 7.19. The number of nitrogens with one attached hydrogen (secondary N) is 1. The molecule has 7 nitrogen and oxygen atoms in total. The summed E-state index contributed by atoms with van der Waals surface area (Å²) in [6.07, 6.45) is 8.11. The highest BCUT2D eigenvalue weighted by molar-refractivity contribution is 5.76. The highest BCUT2D eigenvalue weighted by Crippen LogP contribution is 2.28. The Labute approximate surface area is 197 Å². The molecule has 7 heteroatoms. The predicted molar refractivity (Wildman–Crippen MR) is 133 cm³/mol. The number of piperazine rings is 1. The van der Waals surface area contributed by atoms with Crippen molar-refractivity contribution >= 4 is 23.2 Å². The van der Waals surface area contributed by atoms with E-state index in [-0.39, 0.29) is 0 Å². The molecule has 3 heterocycles. The maximum absolute atomic E-state index is 12.9. The van der Waals surface area contributed by atoms with E-state index in [1.54, 1.807) is 6.33 Å². The van der Waals surface area contributed by atoms with Crippen LogP contribution in [0.15, 0.2) is 36.7 Å². The molecule has 1 aromatic carbocycles. The van der Waals surface area contributed by atoms with Gasteiger partial charge in [-0.15, -0.1) is 0 Å². The standard InChI is InChI=1S/C26H36N6O/c1-20-4-2-6-23(16-20)30-12-14-31(15-13-30)26(33)10-7-21-5-3-11-32(18-21)25-17-24(27-19-28-25)29-22-8-9-22/h2,4,6,16-17,19,21-22H,3,5,7-15,18H2,1H3,(H,27,28,29). The zero-order valence-corrected chi connectivity index (χ0v) is 19.7. The van der Waals surface area contributed by atoms with Gasteiger partial charge in [-0.2, -0.15) is 0 Å². The van der Waals surface area contributed by atoms with E-state index >= 15 is 0 Å². The van der Waals surface area contributed by atoms with Crippen molar-refractivity contribution in [3.63, 3.8) is 0 Å².